The maximum Gasteiger partial charge on any atom is 0.488 e. The van der Waals surface area contributed by atoms with Gasteiger partial charge >= 0.3 is 7.12 Å². The number of likely N-dealkylation sites (tertiary alicyclic amines) is 1. The molecule has 21 heavy (non-hydrogen) atoms. The molecule has 0 unspecified atom stereocenters. The van der Waals surface area contributed by atoms with Crippen LogP contribution in [0.1, 0.15) is 44.1 Å². The summed E-state index contributed by atoms with van der Waals surface area (Å²) < 4.78 is 13.6. The van der Waals surface area contributed by atoms with E-state index in [0.29, 0.717) is 12.6 Å². The van der Waals surface area contributed by atoms with Crippen molar-refractivity contribution in [1.29, 1.82) is 0 Å². The maximum atomic E-state index is 13.6. The van der Waals surface area contributed by atoms with Crippen LogP contribution >= 0.6 is 0 Å². The summed E-state index contributed by atoms with van der Waals surface area (Å²) in [5.74, 6) is 0.400. The van der Waals surface area contributed by atoms with E-state index < -0.39 is 12.9 Å². The van der Waals surface area contributed by atoms with Crippen LogP contribution < -0.4 is 5.46 Å². The highest BCUT2D eigenvalue weighted by atomic mass is 19.1. The summed E-state index contributed by atoms with van der Waals surface area (Å²) in [6.07, 6.45) is 7.74. The third-order valence-corrected chi connectivity index (χ3v) is 5.02. The van der Waals surface area contributed by atoms with Gasteiger partial charge in [0.05, 0.1) is 0 Å². The first kappa shape index (κ1) is 15.0. The van der Waals surface area contributed by atoms with Crippen LogP contribution in [0.4, 0.5) is 4.39 Å². The molecule has 0 amide bonds. The minimum absolute atomic E-state index is 0.238. The SMILES string of the molecule is OB(O)c1cc(F)cc(CN2CCC[C@H]3CCCC[C@H]32)c1. The van der Waals surface area contributed by atoms with Crippen molar-refractivity contribution in [3.63, 3.8) is 0 Å². The van der Waals surface area contributed by atoms with Crippen LogP contribution in [0.5, 0.6) is 0 Å². The molecule has 0 radical (unpaired) electrons. The molecule has 1 aliphatic carbocycles. The van der Waals surface area contributed by atoms with Gasteiger partial charge in [-0.05, 0) is 61.3 Å². The highest BCUT2D eigenvalue weighted by molar-refractivity contribution is 6.58. The summed E-state index contributed by atoms with van der Waals surface area (Å²) in [4.78, 5) is 2.47. The topological polar surface area (TPSA) is 43.7 Å². The first-order valence-electron chi connectivity index (χ1n) is 8.03. The van der Waals surface area contributed by atoms with Crippen LogP contribution in [0.2, 0.25) is 0 Å². The molecule has 2 fully saturated rings. The number of hydrogen-bond acceptors (Lipinski definition) is 3. The fourth-order valence-corrected chi connectivity index (χ4v) is 4.07. The lowest BCUT2D eigenvalue weighted by atomic mass is 9.77. The molecule has 0 spiro atoms. The molecule has 5 heteroatoms. The van der Waals surface area contributed by atoms with Crippen molar-refractivity contribution in [3.05, 3.63) is 29.6 Å². The second kappa shape index (κ2) is 6.47. The lowest BCUT2D eigenvalue weighted by Gasteiger charge is -2.44. The Morgan fingerprint density at radius 2 is 1.86 bits per heavy atom. The molecule has 0 bridgehead atoms. The summed E-state index contributed by atoms with van der Waals surface area (Å²) in [5.41, 5.74) is 1.08. The number of benzene rings is 1. The van der Waals surface area contributed by atoms with Gasteiger partial charge in [-0.2, -0.15) is 0 Å². The van der Waals surface area contributed by atoms with E-state index in [1.54, 1.807) is 6.07 Å². The Kier molecular flexibility index (Phi) is 4.62. The van der Waals surface area contributed by atoms with Gasteiger partial charge in [0.15, 0.2) is 0 Å². The average Bonchev–Trinajstić information content (AvgIpc) is 2.47. The lowest BCUT2D eigenvalue weighted by Crippen LogP contribution is -2.46. The second-order valence-electron chi connectivity index (χ2n) is 6.49. The monoisotopic (exact) mass is 291 g/mol. The Morgan fingerprint density at radius 3 is 2.67 bits per heavy atom. The van der Waals surface area contributed by atoms with E-state index in [-0.39, 0.29) is 5.46 Å². The van der Waals surface area contributed by atoms with Gasteiger partial charge in [0.25, 0.3) is 0 Å². The van der Waals surface area contributed by atoms with Crippen molar-refractivity contribution in [2.45, 2.75) is 51.1 Å². The fourth-order valence-electron chi connectivity index (χ4n) is 4.07. The standard InChI is InChI=1S/C16H23BFNO2/c18-15-9-12(8-14(10-15)17(20)21)11-19-7-3-5-13-4-1-2-6-16(13)19/h8-10,13,16,20-21H,1-7,11H2/t13-,16-/m1/s1. The number of hydrogen-bond donors (Lipinski definition) is 2. The van der Waals surface area contributed by atoms with Crippen LogP contribution in [0.3, 0.4) is 0 Å². The van der Waals surface area contributed by atoms with Crippen LogP contribution in [-0.2, 0) is 6.54 Å². The second-order valence-corrected chi connectivity index (χ2v) is 6.49. The van der Waals surface area contributed by atoms with Crippen molar-refractivity contribution in [2.75, 3.05) is 6.54 Å². The van der Waals surface area contributed by atoms with Crippen molar-refractivity contribution < 1.29 is 14.4 Å². The van der Waals surface area contributed by atoms with Gasteiger partial charge in [-0.1, -0.05) is 18.9 Å². The first-order chi connectivity index (χ1) is 10.1. The average molecular weight is 291 g/mol. The van der Waals surface area contributed by atoms with E-state index in [1.807, 2.05) is 0 Å². The maximum absolute atomic E-state index is 13.6. The van der Waals surface area contributed by atoms with Crippen molar-refractivity contribution in [3.8, 4) is 0 Å². The van der Waals surface area contributed by atoms with Gasteiger partial charge in [-0.25, -0.2) is 4.39 Å². The van der Waals surface area contributed by atoms with E-state index in [1.165, 1.54) is 50.7 Å². The summed E-state index contributed by atoms with van der Waals surface area (Å²) in [5, 5.41) is 18.5. The molecular weight excluding hydrogens is 268 g/mol. The number of nitrogens with zero attached hydrogens (tertiary/aromatic N) is 1. The quantitative estimate of drug-likeness (QED) is 0.832. The molecule has 114 valence electrons. The van der Waals surface area contributed by atoms with Gasteiger partial charge in [0.2, 0.25) is 0 Å². The number of fused-ring (bicyclic) bond motifs is 1. The van der Waals surface area contributed by atoms with Crippen LogP contribution in [0.25, 0.3) is 0 Å². The Balaban J connectivity index is 1.76. The lowest BCUT2D eigenvalue weighted by molar-refractivity contribution is 0.0546. The molecule has 1 aromatic carbocycles. The van der Waals surface area contributed by atoms with Crippen molar-refractivity contribution in [1.82, 2.24) is 4.90 Å². The minimum Gasteiger partial charge on any atom is -0.423 e. The Bertz CT molecular complexity index is 495. The highest BCUT2D eigenvalue weighted by Crippen LogP contribution is 2.35. The van der Waals surface area contributed by atoms with E-state index in [4.69, 9.17) is 0 Å². The number of piperidine rings is 1. The van der Waals surface area contributed by atoms with Gasteiger partial charge < -0.3 is 10.0 Å². The molecule has 3 nitrogen and oxygen atoms in total. The first-order valence-corrected chi connectivity index (χ1v) is 8.03. The van der Waals surface area contributed by atoms with Crippen LogP contribution in [0, 0.1) is 11.7 Å². The zero-order valence-corrected chi connectivity index (χ0v) is 12.3. The molecule has 2 aliphatic rings. The normalized spacial score (nSPS) is 26.4. The summed E-state index contributed by atoms with van der Waals surface area (Å²) in [6, 6.07) is 5.03. The molecule has 1 saturated carbocycles. The van der Waals surface area contributed by atoms with Gasteiger partial charge in [-0.3, -0.25) is 4.90 Å². The van der Waals surface area contributed by atoms with E-state index >= 15 is 0 Å². The molecule has 0 aromatic heterocycles. The Hall–Kier alpha value is -0.905. The molecule has 2 atom stereocenters. The van der Waals surface area contributed by atoms with Crippen molar-refractivity contribution >= 4 is 12.6 Å². The Labute approximate surface area is 125 Å². The molecular formula is C16H23BFNO2. The van der Waals surface area contributed by atoms with Crippen LogP contribution in [0.15, 0.2) is 18.2 Å². The van der Waals surface area contributed by atoms with Crippen molar-refractivity contribution in [2.24, 2.45) is 5.92 Å². The minimum atomic E-state index is -1.61. The zero-order valence-electron chi connectivity index (χ0n) is 12.3. The highest BCUT2D eigenvalue weighted by Gasteiger charge is 2.33. The van der Waals surface area contributed by atoms with Gasteiger partial charge in [0.1, 0.15) is 5.82 Å². The molecule has 1 saturated heterocycles. The molecule has 3 rings (SSSR count). The largest absolute Gasteiger partial charge is 0.488 e. The van der Waals surface area contributed by atoms with E-state index in [9.17, 15) is 14.4 Å². The Morgan fingerprint density at radius 1 is 1.10 bits per heavy atom. The number of rotatable bonds is 3. The van der Waals surface area contributed by atoms with Gasteiger partial charge in [-0.15, -0.1) is 0 Å². The van der Waals surface area contributed by atoms with Crippen LogP contribution in [-0.4, -0.2) is 34.7 Å². The number of halogens is 1. The summed E-state index contributed by atoms with van der Waals surface area (Å²) >= 11 is 0. The molecule has 1 aromatic rings. The summed E-state index contributed by atoms with van der Waals surface area (Å²) in [7, 11) is -1.61. The summed E-state index contributed by atoms with van der Waals surface area (Å²) in [6.45, 7) is 1.77. The molecule has 1 aliphatic heterocycles. The third-order valence-electron chi connectivity index (χ3n) is 5.02. The smallest absolute Gasteiger partial charge is 0.423 e. The van der Waals surface area contributed by atoms with E-state index in [0.717, 1.165) is 18.0 Å². The predicted octanol–water partition coefficient (Wildman–Crippen LogP) is 1.66. The molecule has 2 N–H and O–H groups in total. The fraction of sp³-hybridized carbons (Fsp3) is 0.625. The zero-order chi connectivity index (χ0) is 14.8. The molecule has 1 heterocycles. The predicted molar refractivity (Wildman–Crippen MR) is 81.6 cm³/mol. The third kappa shape index (κ3) is 3.47. The van der Waals surface area contributed by atoms with Gasteiger partial charge in [0, 0.05) is 12.6 Å². The van der Waals surface area contributed by atoms with E-state index in [2.05, 4.69) is 4.90 Å².